The van der Waals surface area contributed by atoms with Gasteiger partial charge < -0.3 is 5.32 Å². The van der Waals surface area contributed by atoms with Crippen LogP contribution in [0, 0.1) is 13.8 Å². The first-order chi connectivity index (χ1) is 8.96. The van der Waals surface area contributed by atoms with Crippen LogP contribution in [0.5, 0.6) is 0 Å². The maximum atomic E-state index is 12.8. The molecule has 1 aliphatic heterocycles. The molecule has 1 N–H and O–H groups in total. The minimum atomic E-state index is -3.34. The van der Waals surface area contributed by atoms with Crippen LogP contribution in [0.1, 0.15) is 29.0 Å². The zero-order valence-corrected chi connectivity index (χ0v) is 13.4. The molecule has 1 aromatic rings. The normalized spacial score (nSPS) is 21.7. The average molecular weight is 302 g/mol. The van der Waals surface area contributed by atoms with Gasteiger partial charge in [0.25, 0.3) is 0 Å². The van der Waals surface area contributed by atoms with Crippen molar-refractivity contribution in [3.05, 3.63) is 15.8 Å². The highest BCUT2D eigenvalue weighted by molar-refractivity contribution is 7.89. The maximum absolute atomic E-state index is 12.8. The van der Waals surface area contributed by atoms with Crippen LogP contribution in [0.25, 0.3) is 0 Å². The van der Waals surface area contributed by atoms with Crippen LogP contribution >= 0.6 is 11.3 Å². The van der Waals surface area contributed by atoms with Crippen molar-refractivity contribution in [1.82, 2.24) is 9.62 Å². The summed E-state index contributed by atoms with van der Waals surface area (Å²) in [7, 11) is -1.47. The van der Waals surface area contributed by atoms with Crippen molar-refractivity contribution in [2.45, 2.75) is 44.0 Å². The molecule has 2 rings (SSSR count). The fourth-order valence-electron chi connectivity index (χ4n) is 2.72. The third-order valence-corrected chi connectivity index (χ3v) is 6.77. The third kappa shape index (κ3) is 3.02. The van der Waals surface area contributed by atoms with E-state index in [-0.39, 0.29) is 6.04 Å². The lowest BCUT2D eigenvalue weighted by Gasteiger charge is -2.34. The molecule has 0 aliphatic carbocycles. The summed E-state index contributed by atoms with van der Waals surface area (Å²) >= 11 is 1.55. The Hall–Kier alpha value is -0.430. The Morgan fingerprint density at radius 2 is 2.16 bits per heavy atom. The third-order valence-electron chi connectivity index (χ3n) is 3.59. The Morgan fingerprint density at radius 1 is 1.42 bits per heavy atom. The second-order valence-electron chi connectivity index (χ2n) is 5.10. The van der Waals surface area contributed by atoms with Crippen molar-refractivity contribution < 1.29 is 8.42 Å². The van der Waals surface area contributed by atoms with Crippen LogP contribution in [-0.2, 0) is 10.0 Å². The predicted molar refractivity (Wildman–Crippen MR) is 79.3 cm³/mol. The number of thiophene rings is 1. The molecule has 0 radical (unpaired) electrons. The van der Waals surface area contributed by atoms with Gasteiger partial charge in [0.2, 0.25) is 10.0 Å². The Bertz CT molecular complexity index is 535. The number of sulfonamides is 1. The van der Waals surface area contributed by atoms with Gasteiger partial charge in [-0.1, -0.05) is 6.42 Å². The molecule has 1 atom stereocenters. The molecule has 6 heteroatoms. The largest absolute Gasteiger partial charge is 0.318 e. The molecule has 108 valence electrons. The lowest BCUT2D eigenvalue weighted by atomic mass is 10.1. The predicted octanol–water partition coefficient (Wildman–Crippen LogP) is 2.13. The first-order valence-corrected chi connectivity index (χ1v) is 8.96. The van der Waals surface area contributed by atoms with Gasteiger partial charge in [-0.15, -0.1) is 11.3 Å². The van der Waals surface area contributed by atoms with Gasteiger partial charge in [0, 0.05) is 28.9 Å². The Labute approximate surface area is 119 Å². The second kappa shape index (κ2) is 5.91. The highest BCUT2D eigenvalue weighted by Crippen LogP contribution is 2.31. The molecule has 0 spiro atoms. The molecule has 19 heavy (non-hydrogen) atoms. The number of rotatable bonds is 4. The number of nitrogens with one attached hydrogen (secondary N) is 1. The zero-order chi connectivity index (χ0) is 14.0. The standard InChI is InChI=1S/C13H22N2O2S2/c1-10-8-13(11(2)18-10)19(16,17)15-7-5-4-6-12(15)9-14-3/h8,12,14H,4-7,9H2,1-3H3. The Kier molecular flexibility index (Phi) is 4.66. The van der Waals surface area contributed by atoms with Crippen molar-refractivity contribution >= 4 is 21.4 Å². The summed E-state index contributed by atoms with van der Waals surface area (Å²) in [6.07, 6.45) is 3.02. The van der Waals surface area contributed by atoms with Crippen molar-refractivity contribution in [2.75, 3.05) is 20.1 Å². The first kappa shape index (κ1) is 15.0. The van der Waals surface area contributed by atoms with Gasteiger partial charge in [0.05, 0.1) is 4.90 Å². The van der Waals surface area contributed by atoms with Crippen molar-refractivity contribution in [3.8, 4) is 0 Å². The summed E-state index contributed by atoms with van der Waals surface area (Å²) in [6.45, 7) is 5.21. The molecule has 0 bridgehead atoms. The number of nitrogens with zero attached hydrogens (tertiary/aromatic N) is 1. The minimum absolute atomic E-state index is 0.0864. The van der Waals surface area contributed by atoms with E-state index in [9.17, 15) is 8.42 Å². The van der Waals surface area contributed by atoms with Gasteiger partial charge in [-0.3, -0.25) is 0 Å². The highest BCUT2D eigenvalue weighted by atomic mass is 32.2. The van der Waals surface area contributed by atoms with E-state index in [0.717, 1.165) is 35.6 Å². The van der Waals surface area contributed by atoms with E-state index in [1.165, 1.54) is 0 Å². The van der Waals surface area contributed by atoms with Crippen molar-refractivity contribution in [3.63, 3.8) is 0 Å². The van der Waals surface area contributed by atoms with E-state index in [4.69, 9.17) is 0 Å². The van der Waals surface area contributed by atoms with Crippen molar-refractivity contribution in [2.24, 2.45) is 0 Å². The molecule has 2 heterocycles. The van der Waals surface area contributed by atoms with Crippen LogP contribution in [0.15, 0.2) is 11.0 Å². The summed E-state index contributed by atoms with van der Waals surface area (Å²) in [5.41, 5.74) is 0. The molecule has 0 aromatic carbocycles. The molecule has 4 nitrogen and oxygen atoms in total. The molecule has 1 aromatic heterocycles. The van der Waals surface area contributed by atoms with E-state index in [2.05, 4.69) is 5.32 Å². The topological polar surface area (TPSA) is 49.4 Å². The van der Waals surface area contributed by atoms with E-state index in [0.29, 0.717) is 11.4 Å². The summed E-state index contributed by atoms with van der Waals surface area (Å²) in [5, 5.41) is 3.11. The van der Waals surface area contributed by atoms with Gasteiger partial charge in [-0.25, -0.2) is 8.42 Å². The fourth-order valence-corrected chi connectivity index (χ4v) is 5.94. The molecule has 1 saturated heterocycles. The summed E-state index contributed by atoms with van der Waals surface area (Å²) in [6, 6.07) is 1.89. The van der Waals surface area contributed by atoms with Gasteiger partial charge in [0.1, 0.15) is 0 Å². The number of hydrogen-bond donors (Lipinski definition) is 1. The summed E-state index contributed by atoms with van der Waals surface area (Å²) in [4.78, 5) is 2.45. The van der Waals surface area contributed by atoms with Crippen molar-refractivity contribution in [1.29, 1.82) is 0 Å². The lowest BCUT2D eigenvalue weighted by molar-refractivity contribution is 0.249. The van der Waals surface area contributed by atoms with Crippen LogP contribution in [0.2, 0.25) is 0 Å². The quantitative estimate of drug-likeness (QED) is 0.927. The molecule has 1 aliphatic rings. The van der Waals surface area contributed by atoms with E-state index in [1.54, 1.807) is 21.7 Å². The SMILES string of the molecule is CNCC1CCCCN1S(=O)(=O)c1cc(C)sc1C. The van der Waals surface area contributed by atoms with Crippen LogP contribution in [0.4, 0.5) is 0 Å². The van der Waals surface area contributed by atoms with E-state index < -0.39 is 10.0 Å². The van der Waals surface area contributed by atoms with Gasteiger partial charge in [-0.2, -0.15) is 4.31 Å². The minimum Gasteiger partial charge on any atom is -0.318 e. The zero-order valence-electron chi connectivity index (χ0n) is 11.8. The fraction of sp³-hybridized carbons (Fsp3) is 0.692. The van der Waals surface area contributed by atoms with Gasteiger partial charge >= 0.3 is 0 Å². The maximum Gasteiger partial charge on any atom is 0.244 e. The lowest BCUT2D eigenvalue weighted by Crippen LogP contribution is -2.47. The Morgan fingerprint density at radius 3 is 2.74 bits per heavy atom. The van der Waals surface area contributed by atoms with Gasteiger partial charge in [-0.05, 0) is 39.8 Å². The first-order valence-electron chi connectivity index (χ1n) is 6.70. The molecular formula is C13H22N2O2S2. The Balaban J connectivity index is 2.34. The molecular weight excluding hydrogens is 280 g/mol. The molecule has 0 amide bonds. The highest BCUT2D eigenvalue weighted by Gasteiger charge is 2.34. The monoisotopic (exact) mass is 302 g/mol. The molecule has 1 fully saturated rings. The number of likely N-dealkylation sites (N-methyl/N-ethyl adjacent to an activating group) is 1. The number of aryl methyl sites for hydroxylation is 2. The molecule has 1 unspecified atom stereocenters. The summed E-state index contributed by atoms with van der Waals surface area (Å²) < 4.78 is 27.3. The number of hydrogen-bond acceptors (Lipinski definition) is 4. The van der Waals surface area contributed by atoms with Gasteiger partial charge in [0.15, 0.2) is 0 Å². The summed E-state index contributed by atoms with van der Waals surface area (Å²) in [5.74, 6) is 0. The second-order valence-corrected chi connectivity index (χ2v) is 8.42. The van der Waals surface area contributed by atoms with Crippen LogP contribution in [0.3, 0.4) is 0 Å². The van der Waals surface area contributed by atoms with E-state index >= 15 is 0 Å². The van der Waals surface area contributed by atoms with Crippen LogP contribution in [-0.4, -0.2) is 38.9 Å². The number of piperidine rings is 1. The molecule has 0 saturated carbocycles. The van der Waals surface area contributed by atoms with Crippen LogP contribution < -0.4 is 5.32 Å². The van der Waals surface area contributed by atoms with E-state index in [1.807, 2.05) is 20.9 Å². The smallest absolute Gasteiger partial charge is 0.244 e. The average Bonchev–Trinajstić information content (AvgIpc) is 2.70.